The lowest BCUT2D eigenvalue weighted by Crippen LogP contribution is -2.30. The van der Waals surface area contributed by atoms with Crippen molar-refractivity contribution in [2.24, 2.45) is 11.7 Å². The number of nitrogens with two attached hydrogens (primary N) is 1. The van der Waals surface area contributed by atoms with Crippen molar-refractivity contribution in [1.29, 1.82) is 0 Å². The van der Waals surface area contributed by atoms with Gasteiger partial charge in [0.15, 0.2) is 6.10 Å². The molecule has 5 nitrogen and oxygen atoms in total. The zero-order chi connectivity index (χ0) is 18.8. The van der Waals surface area contributed by atoms with Gasteiger partial charge in [-0.3, -0.25) is 9.59 Å². The average Bonchev–Trinajstić information content (AvgIpc) is 2.91. The Kier molecular flexibility index (Phi) is 5.32. The normalized spacial score (nSPS) is 17.3. The Bertz CT molecular complexity index is 844. The van der Waals surface area contributed by atoms with Crippen molar-refractivity contribution in [3.8, 4) is 5.75 Å². The molecule has 0 bridgehead atoms. The van der Waals surface area contributed by atoms with Gasteiger partial charge in [0.1, 0.15) is 10.8 Å². The molecular weight excluding hydrogens is 348 g/mol. The molecule has 1 aliphatic rings. The monoisotopic (exact) mass is 372 g/mol. The Labute approximate surface area is 157 Å². The molecule has 0 spiro atoms. The minimum absolute atomic E-state index is 0.291. The predicted molar refractivity (Wildman–Crippen MR) is 104 cm³/mol. The smallest absolute Gasteiger partial charge is 0.265 e. The third-order valence-corrected chi connectivity index (χ3v) is 5.84. The fraction of sp³-hybridized carbons (Fsp3) is 0.400. The van der Waals surface area contributed by atoms with Gasteiger partial charge in [-0.15, -0.1) is 11.3 Å². The Morgan fingerprint density at radius 1 is 1.38 bits per heavy atom. The summed E-state index contributed by atoms with van der Waals surface area (Å²) in [5, 5.41) is 3.40. The summed E-state index contributed by atoms with van der Waals surface area (Å²) >= 11 is 1.46. The molecule has 0 fully saturated rings. The molecule has 2 aromatic rings. The lowest BCUT2D eigenvalue weighted by molar-refractivity contribution is -0.122. The number of carbonyl (C=O) groups is 2. The summed E-state index contributed by atoms with van der Waals surface area (Å²) in [5.74, 6) is 0.441. The van der Waals surface area contributed by atoms with Gasteiger partial charge in [0.2, 0.25) is 0 Å². The standard InChI is InChI=1S/C20H24N2O3S/c1-11-5-4-6-14(9-11)25-13(3)19(24)22-20-17(18(21)23)15-8-7-12(2)10-16(15)26-20/h4-6,9,12-13H,7-8,10H2,1-3H3,(H2,21,23)(H,22,24)/t12-,13+/m0/s1. The lowest BCUT2D eigenvalue weighted by atomic mass is 9.88. The zero-order valence-electron chi connectivity index (χ0n) is 15.3. The molecule has 0 saturated carbocycles. The molecule has 1 aromatic carbocycles. The van der Waals surface area contributed by atoms with Crippen molar-refractivity contribution in [2.45, 2.75) is 46.1 Å². The summed E-state index contributed by atoms with van der Waals surface area (Å²) in [4.78, 5) is 25.7. The first-order chi connectivity index (χ1) is 12.3. The van der Waals surface area contributed by atoms with Gasteiger partial charge in [-0.2, -0.15) is 0 Å². The molecule has 1 aromatic heterocycles. The second-order valence-corrected chi connectivity index (χ2v) is 8.09. The molecule has 6 heteroatoms. The highest BCUT2D eigenvalue weighted by molar-refractivity contribution is 7.17. The third-order valence-electron chi connectivity index (χ3n) is 4.67. The predicted octanol–water partition coefficient (Wildman–Crippen LogP) is 3.69. The quantitative estimate of drug-likeness (QED) is 0.840. The first-order valence-electron chi connectivity index (χ1n) is 8.83. The summed E-state index contributed by atoms with van der Waals surface area (Å²) in [6.45, 7) is 5.85. The minimum Gasteiger partial charge on any atom is -0.481 e. The highest BCUT2D eigenvalue weighted by Gasteiger charge is 2.28. The van der Waals surface area contributed by atoms with Gasteiger partial charge < -0.3 is 15.8 Å². The van der Waals surface area contributed by atoms with Crippen LogP contribution >= 0.6 is 11.3 Å². The first kappa shape index (κ1) is 18.5. The minimum atomic E-state index is -0.685. The Morgan fingerprint density at radius 2 is 2.15 bits per heavy atom. The van der Waals surface area contributed by atoms with Gasteiger partial charge in [-0.1, -0.05) is 19.1 Å². The SMILES string of the molecule is Cc1cccc(O[C@H](C)C(=O)Nc2sc3c(c2C(N)=O)CC[C@H](C)C3)c1. The molecule has 0 saturated heterocycles. The van der Waals surface area contributed by atoms with Crippen molar-refractivity contribution in [3.63, 3.8) is 0 Å². The summed E-state index contributed by atoms with van der Waals surface area (Å²) in [6.07, 6.45) is 2.10. The van der Waals surface area contributed by atoms with E-state index in [-0.39, 0.29) is 5.91 Å². The van der Waals surface area contributed by atoms with E-state index >= 15 is 0 Å². The Morgan fingerprint density at radius 3 is 2.85 bits per heavy atom. The van der Waals surface area contributed by atoms with Crippen LogP contribution in [0.4, 0.5) is 5.00 Å². The van der Waals surface area contributed by atoms with Crippen LogP contribution in [0.15, 0.2) is 24.3 Å². The van der Waals surface area contributed by atoms with Crippen LogP contribution in [-0.2, 0) is 17.6 Å². The molecule has 1 heterocycles. The van der Waals surface area contributed by atoms with E-state index in [1.807, 2.05) is 31.2 Å². The Hall–Kier alpha value is -2.34. The summed E-state index contributed by atoms with van der Waals surface area (Å²) in [7, 11) is 0. The largest absolute Gasteiger partial charge is 0.481 e. The molecule has 2 atom stereocenters. The van der Waals surface area contributed by atoms with E-state index in [1.165, 1.54) is 11.3 Å². The van der Waals surface area contributed by atoms with E-state index in [0.29, 0.717) is 22.2 Å². The first-order valence-corrected chi connectivity index (χ1v) is 9.65. The van der Waals surface area contributed by atoms with E-state index in [1.54, 1.807) is 6.92 Å². The van der Waals surface area contributed by atoms with Crippen LogP contribution in [0.3, 0.4) is 0 Å². The van der Waals surface area contributed by atoms with Crippen LogP contribution in [0.2, 0.25) is 0 Å². The molecule has 0 radical (unpaired) electrons. The number of hydrogen-bond donors (Lipinski definition) is 2. The lowest BCUT2D eigenvalue weighted by Gasteiger charge is -2.18. The van der Waals surface area contributed by atoms with Crippen molar-refractivity contribution < 1.29 is 14.3 Å². The maximum atomic E-state index is 12.6. The van der Waals surface area contributed by atoms with Crippen LogP contribution in [0, 0.1) is 12.8 Å². The van der Waals surface area contributed by atoms with Crippen molar-refractivity contribution >= 4 is 28.2 Å². The number of amides is 2. The van der Waals surface area contributed by atoms with Gasteiger partial charge in [0, 0.05) is 4.88 Å². The van der Waals surface area contributed by atoms with Crippen molar-refractivity contribution in [2.75, 3.05) is 5.32 Å². The maximum Gasteiger partial charge on any atom is 0.265 e. The van der Waals surface area contributed by atoms with Gasteiger partial charge in [-0.05, 0) is 62.3 Å². The Balaban J connectivity index is 1.77. The van der Waals surface area contributed by atoms with Crippen LogP contribution < -0.4 is 15.8 Å². The maximum absolute atomic E-state index is 12.6. The number of hydrogen-bond acceptors (Lipinski definition) is 4. The van der Waals surface area contributed by atoms with Gasteiger partial charge >= 0.3 is 0 Å². The number of benzene rings is 1. The van der Waals surface area contributed by atoms with Crippen LogP contribution in [-0.4, -0.2) is 17.9 Å². The molecule has 3 N–H and O–H groups in total. The number of ether oxygens (including phenoxy) is 1. The molecule has 1 aliphatic carbocycles. The fourth-order valence-corrected chi connectivity index (χ4v) is 4.68. The molecule has 0 aliphatic heterocycles. The van der Waals surface area contributed by atoms with Crippen LogP contribution in [0.5, 0.6) is 5.75 Å². The van der Waals surface area contributed by atoms with Crippen molar-refractivity contribution in [1.82, 2.24) is 0 Å². The van der Waals surface area contributed by atoms with Gasteiger partial charge in [0.25, 0.3) is 11.8 Å². The van der Waals surface area contributed by atoms with E-state index in [9.17, 15) is 9.59 Å². The highest BCUT2D eigenvalue weighted by Crippen LogP contribution is 2.39. The van der Waals surface area contributed by atoms with E-state index in [2.05, 4.69) is 12.2 Å². The number of aryl methyl sites for hydroxylation is 1. The third kappa shape index (κ3) is 3.90. The average molecular weight is 372 g/mol. The highest BCUT2D eigenvalue weighted by atomic mass is 32.1. The number of primary amides is 1. The second kappa shape index (κ2) is 7.50. The van der Waals surface area contributed by atoms with Crippen LogP contribution in [0.25, 0.3) is 0 Å². The topological polar surface area (TPSA) is 81.4 Å². The number of carbonyl (C=O) groups excluding carboxylic acids is 2. The fourth-order valence-electron chi connectivity index (χ4n) is 3.26. The summed E-state index contributed by atoms with van der Waals surface area (Å²) in [5.41, 5.74) is 8.12. The van der Waals surface area contributed by atoms with E-state index in [4.69, 9.17) is 10.5 Å². The number of fused-ring (bicyclic) bond motifs is 1. The molecule has 3 rings (SSSR count). The van der Waals surface area contributed by atoms with Gasteiger partial charge in [-0.25, -0.2) is 0 Å². The second-order valence-electron chi connectivity index (χ2n) is 6.99. The number of rotatable bonds is 5. The number of thiophene rings is 1. The molecular formula is C20H24N2O3S. The van der Waals surface area contributed by atoms with Crippen LogP contribution in [0.1, 0.15) is 46.6 Å². The molecule has 26 heavy (non-hydrogen) atoms. The van der Waals surface area contributed by atoms with E-state index in [0.717, 1.165) is 35.3 Å². The van der Waals surface area contributed by atoms with Crippen molar-refractivity contribution in [3.05, 3.63) is 45.8 Å². The van der Waals surface area contributed by atoms with E-state index < -0.39 is 12.0 Å². The molecule has 0 unspecified atom stereocenters. The summed E-state index contributed by atoms with van der Waals surface area (Å²) < 4.78 is 5.73. The molecule has 2 amide bonds. The van der Waals surface area contributed by atoms with Gasteiger partial charge in [0.05, 0.1) is 5.56 Å². The summed E-state index contributed by atoms with van der Waals surface area (Å²) in [6, 6.07) is 7.55. The number of nitrogens with one attached hydrogen (secondary N) is 1. The molecule has 138 valence electrons. The zero-order valence-corrected chi connectivity index (χ0v) is 16.1. The number of anilines is 1.